The zero-order chi connectivity index (χ0) is 17.4. The van der Waals surface area contributed by atoms with Gasteiger partial charge in [0, 0.05) is 0 Å². The average Bonchev–Trinajstić information content (AvgIpc) is 2.54. The van der Waals surface area contributed by atoms with Crippen molar-refractivity contribution in [1.82, 2.24) is 0 Å². The van der Waals surface area contributed by atoms with Crippen molar-refractivity contribution >= 4 is 11.9 Å². The molecule has 3 rings (SSSR count). The zero-order valence-corrected chi connectivity index (χ0v) is 13.8. The molecule has 1 aromatic carbocycles. The molecule has 0 saturated carbocycles. The van der Waals surface area contributed by atoms with Gasteiger partial charge in [-0.2, -0.15) is 0 Å². The fraction of sp³-hybridized carbons (Fsp3) is 0.556. The average molecular weight is 336 g/mol. The van der Waals surface area contributed by atoms with Crippen molar-refractivity contribution in [2.24, 2.45) is 0 Å². The number of fused-ring (bicyclic) bond motifs is 13. The van der Waals surface area contributed by atoms with Crippen LogP contribution in [0.2, 0.25) is 0 Å². The predicted octanol–water partition coefficient (Wildman–Crippen LogP) is 3.98. The Labute approximate surface area is 141 Å². The van der Waals surface area contributed by atoms with E-state index in [4.69, 9.17) is 9.47 Å². The Kier molecular flexibility index (Phi) is 6.90. The first-order chi connectivity index (χ1) is 11.6. The molecular formula is C18H24O6. The molecular weight excluding hydrogens is 312 g/mol. The van der Waals surface area contributed by atoms with Crippen molar-refractivity contribution in [3.8, 4) is 11.5 Å². The van der Waals surface area contributed by atoms with Crippen molar-refractivity contribution in [3.63, 3.8) is 0 Å². The van der Waals surface area contributed by atoms with Crippen LogP contribution in [0.3, 0.4) is 0 Å². The van der Waals surface area contributed by atoms with Crippen molar-refractivity contribution in [2.45, 2.75) is 51.4 Å². The molecule has 0 spiro atoms. The van der Waals surface area contributed by atoms with E-state index in [1.807, 2.05) is 0 Å². The number of hydrogen-bond acceptors (Lipinski definition) is 4. The summed E-state index contributed by atoms with van der Waals surface area (Å²) >= 11 is 0. The maximum atomic E-state index is 11.5. The molecule has 2 aliphatic rings. The quantitative estimate of drug-likeness (QED) is 0.848. The topological polar surface area (TPSA) is 93.1 Å². The first kappa shape index (κ1) is 18.1. The van der Waals surface area contributed by atoms with Gasteiger partial charge in [0.25, 0.3) is 0 Å². The summed E-state index contributed by atoms with van der Waals surface area (Å²) < 4.78 is 11.1. The Morgan fingerprint density at radius 2 is 1.12 bits per heavy atom. The fourth-order valence-corrected chi connectivity index (χ4v) is 2.79. The van der Waals surface area contributed by atoms with Gasteiger partial charge in [0.1, 0.15) is 22.6 Å². The molecule has 1 aromatic rings. The lowest BCUT2D eigenvalue weighted by Gasteiger charge is -2.15. The summed E-state index contributed by atoms with van der Waals surface area (Å²) in [6.45, 7) is 0.749. The third-order valence-electron chi connectivity index (χ3n) is 4.08. The van der Waals surface area contributed by atoms with Crippen LogP contribution in [0.4, 0.5) is 0 Å². The van der Waals surface area contributed by atoms with Gasteiger partial charge in [-0.15, -0.1) is 0 Å². The van der Waals surface area contributed by atoms with Gasteiger partial charge in [0.15, 0.2) is 0 Å². The van der Waals surface area contributed by atoms with E-state index in [0.717, 1.165) is 38.5 Å². The summed E-state index contributed by atoms with van der Waals surface area (Å²) in [5.41, 5.74) is -0.339. The van der Waals surface area contributed by atoms with Crippen LogP contribution < -0.4 is 9.47 Å². The van der Waals surface area contributed by atoms with Gasteiger partial charge in [0.05, 0.1) is 13.2 Å². The van der Waals surface area contributed by atoms with Gasteiger partial charge in [0.2, 0.25) is 0 Å². The molecule has 6 heteroatoms. The third-order valence-corrected chi connectivity index (χ3v) is 4.08. The Morgan fingerprint density at radius 1 is 0.708 bits per heavy atom. The highest BCUT2D eigenvalue weighted by Gasteiger charge is 2.22. The summed E-state index contributed by atoms with van der Waals surface area (Å²) in [4.78, 5) is 23.0. The second-order valence-electron chi connectivity index (χ2n) is 5.98. The van der Waals surface area contributed by atoms with Gasteiger partial charge in [-0.1, -0.05) is 38.5 Å². The molecule has 2 heterocycles. The Hall–Kier alpha value is -2.24. The van der Waals surface area contributed by atoms with Crippen LogP contribution in [0.25, 0.3) is 0 Å². The number of aromatic carboxylic acids is 2. The molecule has 2 aliphatic heterocycles. The van der Waals surface area contributed by atoms with Crippen LogP contribution in [-0.2, 0) is 0 Å². The van der Waals surface area contributed by atoms with Gasteiger partial charge in [-0.05, 0) is 25.0 Å². The molecule has 0 atom stereocenters. The Bertz CT molecular complexity index is 546. The van der Waals surface area contributed by atoms with Crippen LogP contribution in [0.15, 0.2) is 12.1 Å². The number of rotatable bonds is 2. The minimum Gasteiger partial charge on any atom is -0.494 e. The molecule has 0 unspecified atom stereocenters. The van der Waals surface area contributed by atoms with Crippen LogP contribution >= 0.6 is 0 Å². The number of carbonyl (C=O) groups is 2. The van der Waals surface area contributed by atoms with Crippen molar-refractivity contribution in [2.75, 3.05) is 13.2 Å². The normalized spacial score (nSPS) is 16.8. The lowest BCUT2D eigenvalue weighted by molar-refractivity contribution is 0.0687. The highest BCUT2D eigenvalue weighted by atomic mass is 16.5. The van der Waals surface area contributed by atoms with E-state index >= 15 is 0 Å². The number of carboxylic acid groups (broad SMARTS) is 2. The van der Waals surface area contributed by atoms with E-state index in [9.17, 15) is 19.8 Å². The lowest BCUT2D eigenvalue weighted by Crippen LogP contribution is -2.11. The first-order valence-corrected chi connectivity index (χ1v) is 8.50. The van der Waals surface area contributed by atoms with Crippen molar-refractivity contribution in [1.29, 1.82) is 0 Å². The Balaban J connectivity index is 2.29. The van der Waals surface area contributed by atoms with E-state index in [1.165, 1.54) is 25.0 Å². The van der Waals surface area contributed by atoms with Crippen molar-refractivity contribution < 1.29 is 29.3 Å². The maximum Gasteiger partial charge on any atom is 0.339 e. The van der Waals surface area contributed by atoms with Crippen LogP contribution in [0.1, 0.15) is 72.1 Å². The van der Waals surface area contributed by atoms with Gasteiger partial charge >= 0.3 is 11.9 Å². The van der Waals surface area contributed by atoms with Crippen LogP contribution in [0, 0.1) is 0 Å². The molecule has 0 amide bonds. The summed E-state index contributed by atoms with van der Waals surface area (Å²) in [6.07, 6.45) is 8.33. The summed E-state index contributed by atoms with van der Waals surface area (Å²) in [5.74, 6) is -2.28. The lowest BCUT2D eigenvalue weighted by atomic mass is 10.1. The molecule has 132 valence electrons. The Morgan fingerprint density at radius 3 is 1.58 bits per heavy atom. The van der Waals surface area contributed by atoms with E-state index in [-0.39, 0.29) is 22.6 Å². The fourth-order valence-electron chi connectivity index (χ4n) is 2.79. The predicted molar refractivity (Wildman–Crippen MR) is 88.3 cm³/mol. The van der Waals surface area contributed by atoms with E-state index in [2.05, 4.69) is 0 Å². The van der Waals surface area contributed by atoms with E-state index in [1.54, 1.807) is 0 Å². The SMILES string of the molecule is O=C(O)c1cc2cc(C(=O)O)c1OCCCCCCCCCCO2. The van der Waals surface area contributed by atoms with E-state index in [0.29, 0.717) is 13.2 Å². The van der Waals surface area contributed by atoms with E-state index < -0.39 is 11.9 Å². The molecule has 2 N–H and O–H groups in total. The van der Waals surface area contributed by atoms with Crippen molar-refractivity contribution in [3.05, 3.63) is 23.3 Å². The first-order valence-electron chi connectivity index (χ1n) is 8.50. The summed E-state index contributed by atoms with van der Waals surface area (Å²) in [6, 6.07) is 2.69. The summed E-state index contributed by atoms with van der Waals surface area (Å²) in [5, 5.41) is 18.8. The standard InChI is InChI=1S/C18H24O6/c19-17(20)14-11-13-12-15(18(21)22)16(14)24-10-8-6-4-2-1-3-5-7-9-23-13/h11-12H,1-10H2,(H,19,20)(H,21,22). The molecule has 24 heavy (non-hydrogen) atoms. The van der Waals surface area contributed by atoms with Gasteiger partial charge in [-0.3, -0.25) is 0 Å². The second kappa shape index (κ2) is 9.15. The highest BCUT2D eigenvalue weighted by molar-refractivity contribution is 5.99. The number of benzene rings is 1. The number of carboxylic acids is 2. The molecule has 2 bridgehead atoms. The second-order valence-corrected chi connectivity index (χ2v) is 5.98. The minimum absolute atomic E-state index is 0.0885. The monoisotopic (exact) mass is 336 g/mol. The molecule has 0 saturated heterocycles. The molecule has 6 nitrogen and oxygen atoms in total. The molecule has 0 radical (unpaired) electrons. The molecule has 0 aliphatic carbocycles. The van der Waals surface area contributed by atoms with Gasteiger partial charge in [-0.25, -0.2) is 9.59 Å². The van der Waals surface area contributed by atoms with Crippen LogP contribution in [-0.4, -0.2) is 35.4 Å². The minimum atomic E-state index is -1.22. The largest absolute Gasteiger partial charge is 0.494 e. The number of ether oxygens (including phenoxy) is 2. The number of hydrogen-bond donors (Lipinski definition) is 2. The smallest absolute Gasteiger partial charge is 0.339 e. The molecule has 0 fully saturated rings. The third kappa shape index (κ3) is 5.15. The summed E-state index contributed by atoms with van der Waals surface area (Å²) in [7, 11) is 0. The zero-order valence-electron chi connectivity index (χ0n) is 13.8. The molecule has 0 aromatic heterocycles. The maximum absolute atomic E-state index is 11.5. The van der Waals surface area contributed by atoms with Gasteiger partial charge < -0.3 is 19.7 Å². The van der Waals surface area contributed by atoms with Crippen LogP contribution in [0.5, 0.6) is 11.5 Å². The highest BCUT2D eigenvalue weighted by Crippen LogP contribution is 2.30.